The number of rotatable bonds is 6. The molecule has 0 atom stereocenters. The highest BCUT2D eigenvalue weighted by atomic mass is 79.9. The molecule has 0 bridgehead atoms. The zero-order valence-electron chi connectivity index (χ0n) is 15.0. The van der Waals surface area contributed by atoms with Crippen molar-refractivity contribution in [2.24, 2.45) is 5.10 Å². The molecule has 3 rings (SSSR count). The van der Waals surface area contributed by atoms with Crippen LogP contribution in [-0.4, -0.2) is 18.7 Å². The Morgan fingerprint density at radius 3 is 2.67 bits per heavy atom. The Labute approximate surface area is 166 Å². The predicted molar refractivity (Wildman–Crippen MR) is 109 cm³/mol. The second-order valence-corrected chi connectivity index (χ2v) is 6.98. The summed E-state index contributed by atoms with van der Waals surface area (Å²) in [5.74, 6) is 1.62. The molecule has 0 aliphatic heterocycles. The van der Waals surface area contributed by atoms with Crippen LogP contribution >= 0.6 is 15.9 Å². The lowest BCUT2D eigenvalue weighted by Crippen LogP contribution is -2.24. The van der Waals surface area contributed by atoms with E-state index in [0.29, 0.717) is 11.5 Å². The second kappa shape index (κ2) is 8.68. The van der Waals surface area contributed by atoms with Crippen LogP contribution in [0.1, 0.15) is 16.9 Å². The van der Waals surface area contributed by atoms with Gasteiger partial charge >= 0.3 is 0 Å². The third-order valence-corrected chi connectivity index (χ3v) is 4.35. The maximum Gasteiger partial charge on any atom is 0.277 e. The average Bonchev–Trinajstić information content (AvgIpc) is 3.10. The number of benzene rings is 2. The number of halogens is 1. The third kappa shape index (κ3) is 5.31. The van der Waals surface area contributed by atoms with E-state index in [1.807, 2.05) is 62.4 Å². The van der Waals surface area contributed by atoms with Crippen LogP contribution in [0.4, 0.5) is 0 Å². The zero-order valence-corrected chi connectivity index (χ0v) is 16.6. The summed E-state index contributed by atoms with van der Waals surface area (Å²) in [7, 11) is 0. The minimum atomic E-state index is -0.342. The van der Waals surface area contributed by atoms with E-state index >= 15 is 0 Å². The molecule has 138 valence electrons. The van der Waals surface area contributed by atoms with Crippen molar-refractivity contribution in [3.8, 4) is 17.1 Å². The van der Waals surface area contributed by atoms with Gasteiger partial charge in [0.05, 0.1) is 6.21 Å². The van der Waals surface area contributed by atoms with Gasteiger partial charge in [0.15, 0.2) is 6.61 Å². The van der Waals surface area contributed by atoms with E-state index in [0.717, 1.165) is 26.9 Å². The number of nitrogens with one attached hydrogen (secondary N) is 1. The molecule has 3 aromatic rings. The highest BCUT2D eigenvalue weighted by molar-refractivity contribution is 9.10. The molecule has 0 saturated heterocycles. The maximum absolute atomic E-state index is 11.9. The molecule has 1 amide bonds. The summed E-state index contributed by atoms with van der Waals surface area (Å²) in [6.45, 7) is 3.84. The van der Waals surface area contributed by atoms with Crippen LogP contribution in [0.25, 0.3) is 11.3 Å². The third-order valence-electron chi connectivity index (χ3n) is 3.83. The summed E-state index contributed by atoms with van der Waals surface area (Å²) in [5, 5.41) is 3.91. The molecule has 1 heterocycles. The number of hydrogen-bond donors (Lipinski definition) is 1. The van der Waals surface area contributed by atoms with Crippen LogP contribution in [0.3, 0.4) is 0 Å². The summed E-state index contributed by atoms with van der Waals surface area (Å²) in [6.07, 6.45) is 1.46. The van der Waals surface area contributed by atoms with Crippen LogP contribution in [-0.2, 0) is 4.79 Å². The Bertz CT molecular complexity index is 962. The Morgan fingerprint density at radius 2 is 1.93 bits per heavy atom. The number of furan rings is 1. The topological polar surface area (TPSA) is 63.8 Å². The molecule has 27 heavy (non-hydrogen) atoms. The molecule has 0 saturated carbocycles. The van der Waals surface area contributed by atoms with Crippen LogP contribution in [0, 0.1) is 13.8 Å². The van der Waals surface area contributed by atoms with Crippen LogP contribution in [0.15, 0.2) is 68.6 Å². The van der Waals surface area contributed by atoms with Crippen molar-refractivity contribution < 1.29 is 13.9 Å². The van der Waals surface area contributed by atoms with E-state index in [9.17, 15) is 4.79 Å². The van der Waals surface area contributed by atoms with Crippen molar-refractivity contribution >= 4 is 28.1 Å². The molecule has 0 fully saturated rings. The van der Waals surface area contributed by atoms with Crippen LogP contribution < -0.4 is 10.2 Å². The Hall–Kier alpha value is -2.86. The van der Waals surface area contributed by atoms with Gasteiger partial charge < -0.3 is 9.15 Å². The SMILES string of the molecule is Cc1ccc(OCC(=O)N/N=C\c2ccc(-c3ccc(Br)cc3)o2)c(C)c1. The maximum atomic E-state index is 11.9. The summed E-state index contributed by atoms with van der Waals surface area (Å²) < 4.78 is 12.2. The van der Waals surface area contributed by atoms with Crippen molar-refractivity contribution in [3.05, 3.63) is 76.0 Å². The molecule has 2 aromatic carbocycles. The summed E-state index contributed by atoms with van der Waals surface area (Å²) in [4.78, 5) is 11.9. The van der Waals surface area contributed by atoms with E-state index in [1.54, 1.807) is 6.07 Å². The fourth-order valence-electron chi connectivity index (χ4n) is 2.50. The number of amides is 1. The molecule has 0 spiro atoms. The summed E-state index contributed by atoms with van der Waals surface area (Å²) in [5.41, 5.74) is 5.53. The predicted octanol–water partition coefficient (Wildman–Crippen LogP) is 4.86. The van der Waals surface area contributed by atoms with Gasteiger partial charge in [-0.25, -0.2) is 5.43 Å². The van der Waals surface area contributed by atoms with Gasteiger partial charge in [-0.2, -0.15) is 5.10 Å². The smallest absolute Gasteiger partial charge is 0.277 e. The standard InChI is InChI=1S/C21H19BrN2O3/c1-14-3-9-19(15(2)11-14)26-13-21(25)24-23-12-18-8-10-20(27-18)16-4-6-17(22)7-5-16/h3-12H,13H2,1-2H3,(H,24,25)/b23-12-. The summed E-state index contributed by atoms with van der Waals surface area (Å²) >= 11 is 3.40. The molecule has 0 aliphatic carbocycles. The second-order valence-electron chi connectivity index (χ2n) is 6.06. The van der Waals surface area contributed by atoms with Gasteiger partial charge in [-0.3, -0.25) is 4.79 Å². The van der Waals surface area contributed by atoms with Gasteiger partial charge in [-0.1, -0.05) is 45.8 Å². The molecule has 1 N–H and O–H groups in total. The number of hydrazone groups is 1. The average molecular weight is 427 g/mol. The van der Waals surface area contributed by atoms with Gasteiger partial charge in [0.25, 0.3) is 5.91 Å². The monoisotopic (exact) mass is 426 g/mol. The van der Waals surface area contributed by atoms with E-state index < -0.39 is 0 Å². The highest BCUT2D eigenvalue weighted by Gasteiger charge is 2.05. The van der Waals surface area contributed by atoms with Crippen LogP contribution in [0.2, 0.25) is 0 Å². The molecule has 0 unspecified atom stereocenters. The van der Waals surface area contributed by atoms with Gasteiger partial charge in [-0.15, -0.1) is 0 Å². The van der Waals surface area contributed by atoms with Gasteiger partial charge in [0, 0.05) is 10.0 Å². The molecule has 0 aliphatic rings. The first kappa shape index (κ1) is 18.9. The molecular formula is C21H19BrN2O3. The largest absolute Gasteiger partial charge is 0.483 e. The number of carbonyl (C=O) groups excluding carboxylic acids is 1. The summed E-state index contributed by atoms with van der Waals surface area (Å²) in [6, 6.07) is 17.3. The van der Waals surface area contributed by atoms with E-state index in [1.165, 1.54) is 6.21 Å². The van der Waals surface area contributed by atoms with Crippen molar-refractivity contribution in [2.75, 3.05) is 6.61 Å². The molecular weight excluding hydrogens is 408 g/mol. The lowest BCUT2D eigenvalue weighted by atomic mass is 10.1. The zero-order chi connectivity index (χ0) is 19.2. The lowest BCUT2D eigenvalue weighted by molar-refractivity contribution is -0.123. The number of hydrogen-bond acceptors (Lipinski definition) is 4. The molecule has 5 nitrogen and oxygen atoms in total. The van der Waals surface area contributed by atoms with E-state index in [4.69, 9.17) is 9.15 Å². The first-order chi connectivity index (χ1) is 13.0. The number of nitrogens with zero attached hydrogens (tertiary/aromatic N) is 1. The first-order valence-corrected chi connectivity index (χ1v) is 9.18. The minimum absolute atomic E-state index is 0.108. The number of carbonyl (C=O) groups is 1. The number of aryl methyl sites for hydroxylation is 2. The quantitative estimate of drug-likeness (QED) is 0.452. The normalized spacial score (nSPS) is 10.9. The lowest BCUT2D eigenvalue weighted by Gasteiger charge is -2.08. The van der Waals surface area contributed by atoms with Crippen molar-refractivity contribution in [3.63, 3.8) is 0 Å². The van der Waals surface area contributed by atoms with Crippen LogP contribution in [0.5, 0.6) is 5.75 Å². The first-order valence-electron chi connectivity index (χ1n) is 8.39. The highest BCUT2D eigenvalue weighted by Crippen LogP contribution is 2.23. The number of ether oxygens (including phenoxy) is 1. The molecule has 1 aromatic heterocycles. The van der Waals surface area contributed by atoms with Crippen molar-refractivity contribution in [2.45, 2.75) is 13.8 Å². The molecule has 6 heteroatoms. The molecule has 0 radical (unpaired) electrons. The van der Waals surface area contributed by atoms with Gasteiger partial charge in [0.2, 0.25) is 0 Å². The Balaban J connectivity index is 1.51. The van der Waals surface area contributed by atoms with Crippen molar-refractivity contribution in [1.82, 2.24) is 5.43 Å². The van der Waals surface area contributed by atoms with E-state index in [2.05, 4.69) is 26.5 Å². The van der Waals surface area contributed by atoms with Gasteiger partial charge in [0.1, 0.15) is 17.3 Å². The Morgan fingerprint density at radius 1 is 1.15 bits per heavy atom. The van der Waals surface area contributed by atoms with E-state index in [-0.39, 0.29) is 12.5 Å². The van der Waals surface area contributed by atoms with Gasteiger partial charge in [-0.05, 0) is 49.7 Å². The van der Waals surface area contributed by atoms with Crippen molar-refractivity contribution in [1.29, 1.82) is 0 Å². The minimum Gasteiger partial charge on any atom is -0.483 e. The fourth-order valence-corrected chi connectivity index (χ4v) is 2.76. The fraction of sp³-hybridized carbons (Fsp3) is 0.143. The Kier molecular flexibility index (Phi) is 6.08.